The van der Waals surface area contributed by atoms with Gasteiger partial charge in [0, 0.05) is 37.9 Å². The number of piperazine rings is 1. The first-order valence-corrected chi connectivity index (χ1v) is 9.81. The van der Waals surface area contributed by atoms with Crippen LogP contribution < -0.4 is 10.1 Å². The molecule has 0 unspecified atom stereocenters. The lowest BCUT2D eigenvalue weighted by Crippen LogP contribution is -2.54. The normalized spacial score (nSPS) is 18.0. The summed E-state index contributed by atoms with van der Waals surface area (Å²) >= 11 is 0. The smallest absolute Gasteiger partial charge is 0.407 e. The molecule has 1 heterocycles. The first kappa shape index (κ1) is 21.8. The van der Waals surface area contributed by atoms with Crippen LogP contribution in [0.25, 0.3) is 0 Å². The molecule has 2 rings (SSSR count). The molecule has 0 spiro atoms. The molecular weight excluding hydrogens is 356 g/mol. The summed E-state index contributed by atoms with van der Waals surface area (Å²) in [6.07, 6.45) is -0.849. The Morgan fingerprint density at radius 3 is 2.71 bits per heavy atom. The van der Waals surface area contributed by atoms with Gasteiger partial charge in [0.1, 0.15) is 17.9 Å². The van der Waals surface area contributed by atoms with E-state index in [9.17, 15) is 15.2 Å². The van der Waals surface area contributed by atoms with Crippen molar-refractivity contribution in [2.75, 3.05) is 38.1 Å². The fraction of sp³-hybridized carbons (Fsp3) is 0.619. The largest absolute Gasteiger partial charge is 0.492 e. The number of hydrogen-bond acceptors (Lipinski definition) is 5. The third-order valence-electron chi connectivity index (χ3n) is 4.99. The van der Waals surface area contributed by atoms with E-state index in [1.807, 2.05) is 39.0 Å². The minimum Gasteiger partial charge on any atom is -0.492 e. The number of nitrogens with zero attached hydrogens (tertiary/aromatic N) is 3. The first-order valence-electron chi connectivity index (χ1n) is 9.81. The highest BCUT2D eigenvalue weighted by Crippen LogP contribution is 2.30. The number of carboxylic acid groups (broad SMARTS) is 1. The third-order valence-corrected chi connectivity index (χ3v) is 4.99. The standard InChI is InChI=1S/C21H32N4O3/c1-15(2)18-12-17(23-21(4,5)14-22)6-7-19(18)28-11-10-24-8-9-25(20(26)27)16(3)13-24/h6-7,12,15-16,23H,8-11,13H2,1-5H3,(H,26,27)/t16-/m1/s1. The summed E-state index contributed by atoms with van der Waals surface area (Å²) in [6.45, 7) is 13.2. The Balaban J connectivity index is 1.95. The Bertz CT molecular complexity index is 727. The van der Waals surface area contributed by atoms with E-state index in [1.165, 1.54) is 4.90 Å². The molecule has 1 aromatic rings. The van der Waals surface area contributed by atoms with Gasteiger partial charge in [0.05, 0.1) is 6.07 Å². The molecule has 154 valence electrons. The van der Waals surface area contributed by atoms with Gasteiger partial charge in [-0.2, -0.15) is 5.26 Å². The molecule has 1 atom stereocenters. The quantitative estimate of drug-likeness (QED) is 0.742. The summed E-state index contributed by atoms with van der Waals surface area (Å²) in [6, 6.07) is 8.18. The molecule has 0 bridgehead atoms. The van der Waals surface area contributed by atoms with E-state index >= 15 is 0 Å². The number of hydrogen-bond donors (Lipinski definition) is 2. The minimum atomic E-state index is -0.849. The van der Waals surface area contributed by atoms with Gasteiger partial charge in [0.15, 0.2) is 0 Å². The van der Waals surface area contributed by atoms with Crippen LogP contribution in [0, 0.1) is 11.3 Å². The monoisotopic (exact) mass is 388 g/mol. The van der Waals surface area contributed by atoms with Gasteiger partial charge in [-0.15, -0.1) is 0 Å². The van der Waals surface area contributed by atoms with E-state index in [1.54, 1.807) is 0 Å². The zero-order chi connectivity index (χ0) is 20.9. The van der Waals surface area contributed by atoms with E-state index < -0.39 is 11.6 Å². The van der Waals surface area contributed by atoms with Crippen LogP contribution in [0.4, 0.5) is 10.5 Å². The summed E-state index contributed by atoms with van der Waals surface area (Å²) in [5.74, 6) is 1.15. The maximum absolute atomic E-state index is 11.2. The molecule has 1 amide bonds. The second kappa shape index (κ2) is 9.16. The predicted molar refractivity (Wildman–Crippen MR) is 110 cm³/mol. The van der Waals surface area contributed by atoms with Gasteiger partial charge in [-0.25, -0.2) is 4.79 Å². The van der Waals surface area contributed by atoms with Crippen LogP contribution in [0.5, 0.6) is 5.75 Å². The third kappa shape index (κ3) is 5.77. The first-order chi connectivity index (χ1) is 13.1. The Labute approximate surface area is 167 Å². The zero-order valence-corrected chi connectivity index (χ0v) is 17.5. The summed E-state index contributed by atoms with van der Waals surface area (Å²) in [5, 5.41) is 21.6. The highest BCUT2D eigenvalue weighted by Gasteiger charge is 2.26. The van der Waals surface area contributed by atoms with Gasteiger partial charge in [0.2, 0.25) is 0 Å². The summed E-state index contributed by atoms with van der Waals surface area (Å²) in [5.41, 5.74) is 1.37. The van der Waals surface area contributed by atoms with Gasteiger partial charge >= 0.3 is 6.09 Å². The van der Waals surface area contributed by atoms with Crippen LogP contribution in [0.1, 0.15) is 46.1 Å². The average Bonchev–Trinajstić information content (AvgIpc) is 2.62. The zero-order valence-electron chi connectivity index (χ0n) is 17.5. The molecule has 1 aliphatic rings. The van der Waals surface area contributed by atoms with Gasteiger partial charge < -0.3 is 20.1 Å². The molecule has 1 aliphatic heterocycles. The molecule has 2 N–H and O–H groups in total. The molecule has 1 saturated heterocycles. The van der Waals surface area contributed by atoms with E-state index in [-0.39, 0.29) is 6.04 Å². The maximum atomic E-state index is 11.2. The van der Waals surface area contributed by atoms with Crippen molar-refractivity contribution in [1.29, 1.82) is 5.26 Å². The fourth-order valence-corrected chi connectivity index (χ4v) is 3.40. The Hall–Kier alpha value is -2.46. The van der Waals surface area contributed by atoms with E-state index in [0.717, 1.165) is 36.6 Å². The van der Waals surface area contributed by atoms with Crippen molar-refractivity contribution in [2.45, 2.75) is 52.1 Å². The van der Waals surface area contributed by atoms with E-state index in [2.05, 4.69) is 30.1 Å². The second-order valence-corrected chi connectivity index (χ2v) is 8.24. The van der Waals surface area contributed by atoms with Crippen molar-refractivity contribution in [3.63, 3.8) is 0 Å². The average molecular weight is 389 g/mol. The van der Waals surface area contributed by atoms with Crippen molar-refractivity contribution < 1.29 is 14.6 Å². The summed E-state index contributed by atoms with van der Waals surface area (Å²) < 4.78 is 6.06. The van der Waals surface area contributed by atoms with Crippen LogP contribution in [-0.2, 0) is 0 Å². The van der Waals surface area contributed by atoms with Crippen molar-refractivity contribution in [3.8, 4) is 11.8 Å². The number of anilines is 1. The minimum absolute atomic E-state index is 0.00804. The number of nitriles is 1. The summed E-state index contributed by atoms with van der Waals surface area (Å²) in [4.78, 5) is 14.9. The fourth-order valence-electron chi connectivity index (χ4n) is 3.40. The van der Waals surface area contributed by atoms with Gasteiger partial charge in [0.25, 0.3) is 0 Å². The van der Waals surface area contributed by atoms with Crippen LogP contribution in [0.2, 0.25) is 0 Å². The number of amides is 1. The van der Waals surface area contributed by atoms with Crippen molar-refractivity contribution in [2.24, 2.45) is 0 Å². The molecule has 7 heteroatoms. The lowest BCUT2D eigenvalue weighted by atomic mass is 10.00. The molecule has 0 aromatic heterocycles. The molecule has 1 aromatic carbocycles. The van der Waals surface area contributed by atoms with Gasteiger partial charge in [-0.05, 0) is 50.5 Å². The Kier molecular flexibility index (Phi) is 7.14. The van der Waals surface area contributed by atoms with Crippen molar-refractivity contribution in [1.82, 2.24) is 9.80 Å². The number of benzene rings is 1. The van der Waals surface area contributed by atoms with Gasteiger partial charge in [-0.3, -0.25) is 4.90 Å². The van der Waals surface area contributed by atoms with E-state index in [0.29, 0.717) is 19.1 Å². The molecular formula is C21H32N4O3. The van der Waals surface area contributed by atoms with Crippen molar-refractivity contribution in [3.05, 3.63) is 23.8 Å². The highest BCUT2D eigenvalue weighted by molar-refractivity contribution is 5.65. The van der Waals surface area contributed by atoms with Crippen LogP contribution >= 0.6 is 0 Å². The van der Waals surface area contributed by atoms with Crippen LogP contribution in [0.15, 0.2) is 18.2 Å². The number of nitrogens with one attached hydrogen (secondary N) is 1. The Morgan fingerprint density at radius 2 is 2.14 bits per heavy atom. The number of rotatable bonds is 7. The molecule has 0 saturated carbocycles. The number of ether oxygens (including phenoxy) is 1. The molecule has 0 radical (unpaired) electrons. The SMILES string of the molecule is CC(C)c1cc(NC(C)(C)C#N)ccc1OCCN1CCN(C(=O)O)[C@H](C)C1. The highest BCUT2D eigenvalue weighted by atomic mass is 16.5. The second-order valence-electron chi connectivity index (χ2n) is 8.24. The Morgan fingerprint density at radius 1 is 1.43 bits per heavy atom. The van der Waals surface area contributed by atoms with E-state index in [4.69, 9.17) is 4.74 Å². The lowest BCUT2D eigenvalue weighted by molar-refractivity contribution is 0.0680. The van der Waals surface area contributed by atoms with Crippen molar-refractivity contribution >= 4 is 11.8 Å². The van der Waals surface area contributed by atoms with Crippen LogP contribution in [0.3, 0.4) is 0 Å². The molecule has 0 aliphatic carbocycles. The summed E-state index contributed by atoms with van der Waals surface area (Å²) in [7, 11) is 0. The molecule has 7 nitrogen and oxygen atoms in total. The molecule has 28 heavy (non-hydrogen) atoms. The topological polar surface area (TPSA) is 88.8 Å². The lowest BCUT2D eigenvalue weighted by Gasteiger charge is -2.38. The van der Waals surface area contributed by atoms with Gasteiger partial charge in [-0.1, -0.05) is 13.8 Å². The maximum Gasteiger partial charge on any atom is 0.407 e. The molecule has 1 fully saturated rings. The number of carbonyl (C=O) groups is 1. The predicted octanol–water partition coefficient (Wildman–Crippen LogP) is 3.59. The van der Waals surface area contributed by atoms with Crippen LogP contribution in [-0.4, -0.2) is 65.4 Å².